The van der Waals surface area contributed by atoms with Crippen molar-refractivity contribution >= 4 is 28.6 Å². The molecule has 0 aromatic carbocycles. The fraction of sp³-hybridized carbons (Fsp3) is 0.591. The number of pyridine rings is 1. The maximum atomic E-state index is 13.3. The second kappa shape index (κ2) is 7.62. The molecule has 0 radical (unpaired) electrons. The zero-order chi connectivity index (χ0) is 21.7. The van der Waals surface area contributed by atoms with Crippen molar-refractivity contribution < 1.29 is 14.4 Å². The first-order chi connectivity index (χ1) is 14.9. The van der Waals surface area contributed by atoms with Crippen molar-refractivity contribution in [1.29, 1.82) is 0 Å². The minimum Gasteiger partial charge on any atom is -0.364 e. The van der Waals surface area contributed by atoms with Crippen LogP contribution in [0.2, 0.25) is 0 Å². The van der Waals surface area contributed by atoms with E-state index in [1.165, 1.54) is 17.5 Å². The fourth-order valence-electron chi connectivity index (χ4n) is 5.46. The molecule has 3 fully saturated rings. The van der Waals surface area contributed by atoms with Crippen molar-refractivity contribution in [3.63, 3.8) is 0 Å². The molecule has 3 aliphatic rings. The van der Waals surface area contributed by atoms with E-state index in [9.17, 15) is 14.4 Å². The Balaban J connectivity index is 1.31. The van der Waals surface area contributed by atoms with E-state index >= 15 is 0 Å². The van der Waals surface area contributed by atoms with Gasteiger partial charge in [0.1, 0.15) is 12.6 Å². The maximum absolute atomic E-state index is 13.3. The molecule has 9 nitrogen and oxygen atoms in total. The molecule has 3 amide bonds. The summed E-state index contributed by atoms with van der Waals surface area (Å²) >= 11 is 0. The first-order valence-electron chi connectivity index (χ1n) is 11.1. The van der Waals surface area contributed by atoms with Gasteiger partial charge in [-0.3, -0.25) is 24.0 Å². The number of aromatic nitrogens is 3. The van der Waals surface area contributed by atoms with Crippen LogP contribution in [0.5, 0.6) is 0 Å². The Morgan fingerprint density at radius 1 is 1.26 bits per heavy atom. The number of rotatable bonds is 6. The van der Waals surface area contributed by atoms with E-state index in [2.05, 4.69) is 22.3 Å². The molecular weight excluding hydrogens is 396 g/mol. The maximum Gasteiger partial charge on any atom is 0.269 e. The highest BCUT2D eigenvalue weighted by Crippen LogP contribution is 2.48. The molecule has 0 spiro atoms. The lowest BCUT2D eigenvalue weighted by Crippen LogP contribution is -2.49. The van der Waals surface area contributed by atoms with E-state index < -0.39 is 11.9 Å². The van der Waals surface area contributed by atoms with Gasteiger partial charge >= 0.3 is 0 Å². The molecular formula is C22H28N6O3. The number of piperidine rings is 1. The average molecular weight is 425 g/mol. The van der Waals surface area contributed by atoms with Gasteiger partial charge in [-0.05, 0) is 43.1 Å². The first-order valence-corrected chi connectivity index (χ1v) is 11.1. The zero-order valence-corrected chi connectivity index (χ0v) is 17.7. The second-order valence-corrected chi connectivity index (χ2v) is 9.29. The number of hydrogen-bond donors (Lipinski definition) is 2. The quantitative estimate of drug-likeness (QED) is 0.718. The highest BCUT2D eigenvalue weighted by atomic mass is 16.2. The van der Waals surface area contributed by atoms with Crippen LogP contribution in [0.4, 0.5) is 0 Å². The van der Waals surface area contributed by atoms with Crippen LogP contribution in [0.25, 0.3) is 10.9 Å². The van der Waals surface area contributed by atoms with Crippen LogP contribution in [0.15, 0.2) is 18.5 Å². The number of amides is 3. The number of hydrogen-bond acceptors (Lipinski definition) is 5. The summed E-state index contributed by atoms with van der Waals surface area (Å²) in [4.78, 5) is 43.8. The van der Waals surface area contributed by atoms with Gasteiger partial charge in [0, 0.05) is 24.2 Å². The number of carbonyl (C=O) groups excluding carboxylic acids is 3. The summed E-state index contributed by atoms with van der Waals surface area (Å²) in [5.74, 6) is 0.704. The van der Waals surface area contributed by atoms with Crippen molar-refractivity contribution in [2.75, 3.05) is 6.54 Å². The minimum absolute atomic E-state index is 0.0514. The Labute approximate surface area is 180 Å². The number of likely N-dealkylation sites (tertiary alicyclic amines) is 1. The lowest BCUT2D eigenvalue weighted by atomic mass is 9.98. The van der Waals surface area contributed by atoms with Crippen LogP contribution >= 0.6 is 0 Å². The predicted molar refractivity (Wildman–Crippen MR) is 113 cm³/mol. The Morgan fingerprint density at radius 2 is 2.10 bits per heavy atom. The van der Waals surface area contributed by atoms with Crippen molar-refractivity contribution in [3.8, 4) is 0 Å². The van der Waals surface area contributed by atoms with Gasteiger partial charge in [0.15, 0.2) is 5.69 Å². The number of fused-ring (bicyclic) bond motifs is 2. The molecule has 2 aromatic heterocycles. The summed E-state index contributed by atoms with van der Waals surface area (Å²) in [6.07, 6.45) is 8.39. The number of nitrogens with zero attached hydrogens (tertiary/aromatic N) is 4. The van der Waals surface area contributed by atoms with Crippen molar-refractivity contribution in [2.24, 2.45) is 23.5 Å². The van der Waals surface area contributed by atoms with Crippen molar-refractivity contribution in [2.45, 2.75) is 57.7 Å². The Hall–Kier alpha value is -2.97. The van der Waals surface area contributed by atoms with Crippen LogP contribution < -0.4 is 11.1 Å². The largest absolute Gasteiger partial charge is 0.364 e. The summed E-state index contributed by atoms with van der Waals surface area (Å²) < 4.78 is 1.47. The first kappa shape index (κ1) is 20.0. The summed E-state index contributed by atoms with van der Waals surface area (Å²) in [7, 11) is 0. The monoisotopic (exact) mass is 424 g/mol. The molecule has 3 heterocycles. The lowest BCUT2D eigenvalue weighted by molar-refractivity contribution is -0.140. The van der Waals surface area contributed by atoms with Gasteiger partial charge in [-0.1, -0.05) is 19.8 Å². The Bertz CT molecular complexity index is 1050. The molecule has 1 saturated heterocycles. The molecule has 9 heteroatoms. The van der Waals surface area contributed by atoms with E-state index in [1.807, 2.05) is 0 Å². The molecule has 164 valence electrons. The van der Waals surface area contributed by atoms with E-state index in [4.69, 9.17) is 5.73 Å². The summed E-state index contributed by atoms with van der Waals surface area (Å²) in [6, 6.07) is 1.36. The van der Waals surface area contributed by atoms with Gasteiger partial charge in [0.25, 0.3) is 5.91 Å². The zero-order valence-electron chi connectivity index (χ0n) is 17.7. The molecule has 2 aromatic rings. The van der Waals surface area contributed by atoms with Crippen LogP contribution in [-0.4, -0.2) is 56.0 Å². The highest BCUT2D eigenvalue weighted by Gasteiger charge is 2.56. The summed E-state index contributed by atoms with van der Waals surface area (Å²) in [5, 5.41) is 7.94. The highest BCUT2D eigenvalue weighted by molar-refractivity contribution is 6.04. The third kappa shape index (κ3) is 3.55. The minimum atomic E-state index is -0.649. The van der Waals surface area contributed by atoms with Crippen LogP contribution in [-0.2, 0) is 16.1 Å². The third-order valence-electron chi connectivity index (χ3n) is 7.34. The molecule has 3 N–H and O–H groups in total. The van der Waals surface area contributed by atoms with E-state index in [0.29, 0.717) is 35.2 Å². The van der Waals surface area contributed by atoms with Crippen LogP contribution in [0.1, 0.15) is 49.5 Å². The third-order valence-corrected chi connectivity index (χ3v) is 7.34. The van der Waals surface area contributed by atoms with Crippen LogP contribution in [0.3, 0.4) is 0 Å². The van der Waals surface area contributed by atoms with Gasteiger partial charge in [0.2, 0.25) is 11.8 Å². The molecule has 0 unspecified atom stereocenters. The van der Waals surface area contributed by atoms with Gasteiger partial charge in [-0.15, -0.1) is 0 Å². The molecule has 5 rings (SSSR count). The lowest BCUT2D eigenvalue weighted by Gasteiger charge is -2.27. The van der Waals surface area contributed by atoms with E-state index in [0.717, 1.165) is 19.3 Å². The van der Waals surface area contributed by atoms with E-state index in [-0.39, 0.29) is 30.1 Å². The molecule has 2 aliphatic carbocycles. The summed E-state index contributed by atoms with van der Waals surface area (Å²) in [5.41, 5.74) is 6.15. The van der Waals surface area contributed by atoms with Crippen molar-refractivity contribution in [3.05, 3.63) is 24.2 Å². The van der Waals surface area contributed by atoms with Gasteiger partial charge in [0.05, 0.1) is 11.7 Å². The molecule has 1 aliphatic heterocycles. The normalized spacial score (nSPS) is 29.2. The SMILES string of the molecule is C[C@@H]1CCC[C@@H]1CNC(=O)[C@@H]1C[C@H]2C[C@H]2N1C(=O)Cn1nc(C(N)=O)c2ccncc21. The number of primary amides is 1. The molecule has 31 heavy (non-hydrogen) atoms. The molecule has 5 atom stereocenters. The smallest absolute Gasteiger partial charge is 0.269 e. The van der Waals surface area contributed by atoms with Gasteiger partial charge in [-0.2, -0.15) is 5.10 Å². The van der Waals surface area contributed by atoms with Gasteiger partial charge < -0.3 is 16.0 Å². The second-order valence-electron chi connectivity index (χ2n) is 9.29. The Kier molecular flexibility index (Phi) is 4.91. The number of nitrogens with two attached hydrogens (primary N) is 1. The number of carbonyl (C=O) groups is 3. The topological polar surface area (TPSA) is 123 Å². The predicted octanol–water partition coefficient (Wildman–Crippen LogP) is 1.07. The fourth-order valence-corrected chi connectivity index (χ4v) is 5.46. The molecule has 2 saturated carbocycles. The van der Waals surface area contributed by atoms with Crippen LogP contribution in [0, 0.1) is 17.8 Å². The Morgan fingerprint density at radius 3 is 2.84 bits per heavy atom. The number of nitrogens with one attached hydrogen (secondary N) is 1. The molecule has 0 bridgehead atoms. The standard InChI is InChI=1S/C22H28N6O3/c1-12-3-2-4-13(12)9-25-22(31)17-8-14-7-16(14)28(17)19(29)11-27-18-10-24-6-5-15(18)20(26-27)21(23)30/h5-6,10,12-14,16-17H,2-4,7-9,11H2,1H3,(H2,23,30)(H,25,31)/t12-,13-,14-,16-,17+/m1/s1. The summed E-state index contributed by atoms with van der Waals surface area (Å²) in [6.45, 7) is 2.88. The van der Waals surface area contributed by atoms with E-state index in [1.54, 1.807) is 23.4 Å². The van der Waals surface area contributed by atoms with Gasteiger partial charge in [-0.25, -0.2) is 0 Å². The van der Waals surface area contributed by atoms with Crippen molar-refractivity contribution in [1.82, 2.24) is 25.0 Å². The average Bonchev–Trinajstić information content (AvgIpc) is 3.08.